The minimum Gasteiger partial charge on any atom is -0.381 e. The lowest BCUT2D eigenvalue weighted by atomic mass is 9.77. The lowest BCUT2D eigenvalue weighted by Gasteiger charge is -2.35. The SMILES string of the molecule is NCC1(Cc2cnns2)CCOCC1. The van der Waals surface area contributed by atoms with Gasteiger partial charge in [-0.1, -0.05) is 4.49 Å². The maximum atomic E-state index is 5.86. The van der Waals surface area contributed by atoms with Crippen LogP contribution in [-0.2, 0) is 11.2 Å². The summed E-state index contributed by atoms with van der Waals surface area (Å²) in [6.45, 7) is 2.40. The Hall–Kier alpha value is -0.520. The minimum absolute atomic E-state index is 0.229. The van der Waals surface area contributed by atoms with Gasteiger partial charge in [0.05, 0.1) is 6.20 Å². The van der Waals surface area contributed by atoms with Crippen LogP contribution in [0.5, 0.6) is 0 Å². The summed E-state index contributed by atoms with van der Waals surface area (Å²) in [5.74, 6) is 0. The van der Waals surface area contributed by atoms with E-state index in [4.69, 9.17) is 10.5 Å². The highest BCUT2D eigenvalue weighted by molar-refractivity contribution is 7.05. The van der Waals surface area contributed by atoms with Gasteiger partial charge in [0.15, 0.2) is 0 Å². The second kappa shape index (κ2) is 4.33. The fraction of sp³-hybridized carbons (Fsp3) is 0.778. The van der Waals surface area contributed by atoms with E-state index in [1.54, 1.807) is 0 Å². The molecule has 1 aromatic rings. The number of ether oxygens (including phenoxy) is 1. The van der Waals surface area contributed by atoms with Gasteiger partial charge in [0.1, 0.15) is 0 Å². The Morgan fingerprint density at radius 1 is 1.50 bits per heavy atom. The first kappa shape index (κ1) is 10.0. The van der Waals surface area contributed by atoms with Gasteiger partial charge >= 0.3 is 0 Å². The zero-order valence-electron chi connectivity index (χ0n) is 8.11. The third-order valence-corrected chi connectivity index (χ3v) is 3.60. The third kappa shape index (κ3) is 2.10. The molecule has 5 heteroatoms. The first-order valence-corrected chi connectivity index (χ1v) is 5.66. The number of rotatable bonds is 3. The lowest BCUT2D eigenvalue weighted by Crippen LogP contribution is -2.38. The van der Waals surface area contributed by atoms with Crippen molar-refractivity contribution in [2.75, 3.05) is 19.8 Å². The van der Waals surface area contributed by atoms with Gasteiger partial charge in [-0.25, -0.2) is 0 Å². The summed E-state index contributed by atoms with van der Waals surface area (Å²) in [7, 11) is 0. The molecule has 1 aromatic heterocycles. The standard InChI is InChI=1S/C9H15N3OS/c10-7-9(1-3-13-4-2-9)5-8-6-11-12-14-8/h6H,1-5,7,10H2. The Kier molecular flexibility index (Phi) is 3.10. The summed E-state index contributed by atoms with van der Waals surface area (Å²) >= 11 is 1.47. The molecule has 1 aliphatic heterocycles. The molecule has 2 N–H and O–H groups in total. The highest BCUT2D eigenvalue weighted by atomic mass is 32.1. The number of aromatic nitrogens is 2. The van der Waals surface area contributed by atoms with E-state index in [1.165, 1.54) is 16.4 Å². The topological polar surface area (TPSA) is 61.0 Å². The van der Waals surface area contributed by atoms with Crippen LogP contribution in [-0.4, -0.2) is 29.3 Å². The largest absolute Gasteiger partial charge is 0.381 e. The van der Waals surface area contributed by atoms with E-state index in [9.17, 15) is 0 Å². The average molecular weight is 213 g/mol. The molecule has 4 nitrogen and oxygen atoms in total. The van der Waals surface area contributed by atoms with Gasteiger partial charge in [-0.15, -0.1) is 5.10 Å². The van der Waals surface area contributed by atoms with Gasteiger partial charge in [0.25, 0.3) is 0 Å². The molecular weight excluding hydrogens is 198 g/mol. The van der Waals surface area contributed by atoms with Gasteiger partial charge < -0.3 is 10.5 Å². The van der Waals surface area contributed by atoms with Gasteiger partial charge in [0, 0.05) is 18.1 Å². The summed E-state index contributed by atoms with van der Waals surface area (Å²) in [5.41, 5.74) is 6.09. The summed E-state index contributed by atoms with van der Waals surface area (Å²) in [6, 6.07) is 0. The maximum absolute atomic E-state index is 5.86. The Morgan fingerprint density at radius 3 is 2.86 bits per heavy atom. The van der Waals surface area contributed by atoms with Crippen LogP contribution < -0.4 is 5.73 Å². The van der Waals surface area contributed by atoms with Crippen molar-refractivity contribution in [1.29, 1.82) is 0 Å². The van der Waals surface area contributed by atoms with Gasteiger partial charge in [-0.05, 0) is 42.8 Å². The van der Waals surface area contributed by atoms with E-state index in [0.29, 0.717) is 0 Å². The van der Waals surface area contributed by atoms with E-state index in [2.05, 4.69) is 9.59 Å². The van der Waals surface area contributed by atoms with E-state index < -0.39 is 0 Å². The molecule has 0 radical (unpaired) electrons. The molecule has 0 unspecified atom stereocenters. The normalized spacial score (nSPS) is 20.9. The molecule has 1 fully saturated rings. The smallest absolute Gasteiger partial charge is 0.0653 e. The first-order valence-electron chi connectivity index (χ1n) is 4.89. The van der Waals surface area contributed by atoms with Crippen LogP contribution in [0.25, 0.3) is 0 Å². The fourth-order valence-corrected chi connectivity index (χ4v) is 2.56. The molecule has 78 valence electrons. The quantitative estimate of drug-likeness (QED) is 0.808. The van der Waals surface area contributed by atoms with Crippen molar-refractivity contribution in [1.82, 2.24) is 9.59 Å². The van der Waals surface area contributed by atoms with Crippen molar-refractivity contribution in [3.8, 4) is 0 Å². The van der Waals surface area contributed by atoms with E-state index in [0.717, 1.165) is 39.0 Å². The molecule has 0 saturated carbocycles. The van der Waals surface area contributed by atoms with Gasteiger partial charge in [0.2, 0.25) is 0 Å². The molecule has 1 aliphatic rings. The maximum Gasteiger partial charge on any atom is 0.0653 e. The van der Waals surface area contributed by atoms with Crippen LogP contribution in [0, 0.1) is 5.41 Å². The fourth-order valence-electron chi connectivity index (χ4n) is 1.89. The summed E-state index contributed by atoms with van der Waals surface area (Å²) in [5, 5.41) is 3.85. The van der Waals surface area contributed by atoms with E-state index in [1.807, 2.05) is 6.20 Å². The number of hydrogen-bond acceptors (Lipinski definition) is 5. The molecule has 0 atom stereocenters. The predicted octanol–water partition coefficient (Wildman–Crippen LogP) is 0.836. The zero-order valence-corrected chi connectivity index (χ0v) is 8.92. The highest BCUT2D eigenvalue weighted by Crippen LogP contribution is 2.33. The van der Waals surface area contributed by atoms with Crippen molar-refractivity contribution in [3.05, 3.63) is 11.1 Å². The Morgan fingerprint density at radius 2 is 2.29 bits per heavy atom. The van der Waals surface area contributed by atoms with E-state index in [-0.39, 0.29) is 5.41 Å². The number of nitrogens with zero attached hydrogens (tertiary/aromatic N) is 2. The third-order valence-electron chi connectivity index (χ3n) is 2.94. The van der Waals surface area contributed by atoms with Gasteiger partial charge in [-0.2, -0.15) is 0 Å². The second-order valence-corrected chi connectivity index (χ2v) is 4.75. The molecule has 0 aliphatic carbocycles. The molecule has 0 spiro atoms. The van der Waals surface area contributed by atoms with Crippen LogP contribution in [0.3, 0.4) is 0 Å². The van der Waals surface area contributed by atoms with Crippen LogP contribution in [0.15, 0.2) is 6.20 Å². The molecule has 0 aromatic carbocycles. The highest BCUT2D eigenvalue weighted by Gasteiger charge is 2.31. The Labute approximate surface area is 87.6 Å². The van der Waals surface area contributed by atoms with Crippen LogP contribution in [0.1, 0.15) is 17.7 Å². The number of hydrogen-bond donors (Lipinski definition) is 1. The molecular formula is C9H15N3OS. The molecule has 0 amide bonds. The summed E-state index contributed by atoms with van der Waals surface area (Å²) in [6.07, 6.45) is 4.96. The van der Waals surface area contributed by atoms with Crippen molar-refractivity contribution >= 4 is 11.5 Å². The van der Waals surface area contributed by atoms with E-state index >= 15 is 0 Å². The Bertz CT molecular complexity index is 270. The van der Waals surface area contributed by atoms with Crippen LogP contribution in [0.2, 0.25) is 0 Å². The predicted molar refractivity (Wildman–Crippen MR) is 55.2 cm³/mol. The van der Waals surface area contributed by atoms with Crippen molar-refractivity contribution in [2.24, 2.45) is 11.1 Å². The van der Waals surface area contributed by atoms with Crippen molar-refractivity contribution in [2.45, 2.75) is 19.3 Å². The molecule has 1 saturated heterocycles. The average Bonchev–Trinajstić information content (AvgIpc) is 2.72. The van der Waals surface area contributed by atoms with Crippen LogP contribution >= 0.6 is 11.5 Å². The Balaban J connectivity index is 2.04. The molecule has 2 rings (SSSR count). The first-order chi connectivity index (χ1) is 6.85. The second-order valence-electron chi connectivity index (χ2n) is 3.88. The summed E-state index contributed by atoms with van der Waals surface area (Å²) in [4.78, 5) is 1.23. The molecule has 2 heterocycles. The van der Waals surface area contributed by atoms with Gasteiger partial charge in [-0.3, -0.25) is 0 Å². The van der Waals surface area contributed by atoms with Crippen molar-refractivity contribution in [3.63, 3.8) is 0 Å². The molecule has 14 heavy (non-hydrogen) atoms. The van der Waals surface area contributed by atoms with Crippen LogP contribution in [0.4, 0.5) is 0 Å². The zero-order chi connectivity index (χ0) is 9.86. The summed E-state index contributed by atoms with van der Waals surface area (Å²) < 4.78 is 9.24. The molecule has 0 bridgehead atoms. The lowest BCUT2D eigenvalue weighted by molar-refractivity contribution is 0.0195. The monoisotopic (exact) mass is 213 g/mol. The minimum atomic E-state index is 0.229. The number of nitrogens with two attached hydrogens (primary N) is 1. The van der Waals surface area contributed by atoms with Crippen molar-refractivity contribution < 1.29 is 4.74 Å².